The van der Waals surface area contributed by atoms with Gasteiger partial charge in [0.1, 0.15) is 0 Å². The van der Waals surface area contributed by atoms with Gasteiger partial charge >= 0.3 is 0 Å². The van der Waals surface area contributed by atoms with E-state index >= 15 is 0 Å². The zero-order valence-corrected chi connectivity index (χ0v) is 9.16. The van der Waals surface area contributed by atoms with Crippen LogP contribution < -0.4 is 0 Å². The van der Waals surface area contributed by atoms with Crippen LogP contribution >= 0.6 is 11.8 Å². The van der Waals surface area contributed by atoms with E-state index in [1.165, 1.54) is 22.4 Å². The predicted octanol–water partition coefficient (Wildman–Crippen LogP) is 4.00. The molecule has 0 fully saturated rings. The molecule has 0 atom stereocenters. The number of aryl methyl sites for hydroxylation is 1. The van der Waals surface area contributed by atoms with Crippen LogP contribution in [0.4, 0.5) is 0 Å². The third kappa shape index (κ3) is 2.38. The molecule has 0 heterocycles. The highest BCUT2D eigenvalue weighted by molar-refractivity contribution is 7.98. The molecule has 1 aromatic carbocycles. The van der Waals surface area contributed by atoms with Crippen LogP contribution in [0.2, 0.25) is 0 Å². The smallest absolute Gasteiger partial charge is 0.0144 e. The highest BCUT2D eigenvalue weighted by Crippen LogP contribution is 2.25. The Morgan fingerprint density at radius 1 is 1.46 bits per heavy atom. The van der Waals surface area contributed by atoms with Gasteiger partial charge in [0.2, 0.25) is 0 Å². The lowest BCUT2D eigenvalue weighted by molar-refractivity contribution is 0.915. The van der Waals surface area contributed by atoms with E-state index in [0.717, 1.165) is 6.42 Å². The van der Waals surface area contributed by atoms with E-state index in [1.54, 1.807) is 11.8 Å². The van der Waals surface area contributed by atoms with E-state index in [9.17, 15) is 0 Å². The fourth-order valence-corrected chi connectivity index (χ4v) is 2.14. The maximum atomic E-state index is 3.87. The molecule has 0 aliphatic rings. The van der Waals surface area contributed by atoms with Crippen LogP contribution in [0.5, 0.6) is 0 Å². The van der Waals surface area contributed by atoms with Crippen molar-refractivity contribution in [3.05, 3.63) is 35.9 Å². The van der Waals surface area contributed by atoms with Crippen molar-refractivity contribution in [2.45, 2.75) is 24.7 Å². The van der Waals surface area contributed by atoms with Crippen molar-refractivity contribution >= 4 is 17.8 Å². The molecule has 0 aliphatic heterocycles. The van der Waals surface area contributed by atoms with E-state index < -0.39 is 0 Å². The molecule has 0 radical (unpaired) electrons. The molecule has 0 spiro atoms. The molecule has 1 heteroatoms. The van der Waals surface area contributed by atoms with Gasteiger partial charge in [0.25, 0.3) is 0 Å². The van der Waals surface area contributed by atoms with E-state index in [1.807, 2.05) is 6.08 Å². The predicted molar refractivity (Wildman–Crippen MR) is 62.3 cm³/mol. The first-order chi connectivity index (χ1) is 6.33. The van der Waals surface area contributed by atoms with Gasteiger partial charge in [-0.05, 0) is 29.9 Å². The summed E-state index contributed by atoms with van der Waals surface area (Å²) in [5.74, 6) is 0. The molecule has 0 bridgehead atoms. The molecule has 1 rings (SSSR count). The average Bonchev–Trinajstić information content (AvgIpc) is 2.18. The van der Waals surface area contributed by atoms with Crippen molar-refractivity contribution in [1.29, 1.82) is 0 Å². The van der Waals surface area contributed by atoms with Crippen LogP contribution in [0.25, 0.3) is 6.08 Å². The number of hydrogen-bond acceptors (Lipinski definition) is 1. The Bertz CT molecular complexity index is 289. The standard InChI is InChI=1S/C12H16S/c1-4-7-10-8-6-9-12(13-3)11(10)5-2/h5-6,8-9H,2,4,7H2,1,3H3. The zero-order valence-electron chi connectivity index (χ0n) is 8.34. The minimum absolute atomic E-state index is 1.15. The first-order valence-electron chi connectivity index (χ1n) is 4.61. The number of rotatable bonds is 4. The summed E-state index contributed by atoms with van der Waals surface area (Å²) in [7, 11) is 0. The lowest BCUT2D eigenvalue weighted by atomic mass is 10.0. The SMILES string of the molecule is C=Cc1c(CCC)cccc1SC. The third-order valence-corrected chi connectivity index (χ3v) is 2.90. The van der Waals surface area contributed by atoms with Crippen LogP contribution in [0, 0.1) is 0 Å². The van der Waals surface area contributed by atoms with Gasteiger partial charge in [0, 0.05) is 4.90 Å². The summed E-state index contributed by atoms with van der Waals surface area (Å²) in [6.07, 6.45) is 6.42. The normalized spacial score (nSPS) is 10.0. The molecule has 1 aromatic rings. The summed E-state index contributed by atoms with van der Waals surface area (Å²) in [5.41, 5.74) is 2.74. The first-order valence-corrected chi connectivity index (χ1v) is 5.84. The second kappa shape index (κ2) is 5.13. The van der Waals surface area contributed by atoms with Crippen LogP contribution in [0.3, 0.4) is 0 Å². The monoisotopic (exact) mass is 192 g/mol. The molecule has 0 saturated heterocycles. The van der Waals surface area contributed by atoms with Crippen molar-refractivity contribution in [3.8, 4) is 0 Å². The van der Waals surface area contributed by atoms with E-state index in [4.69, 9.17) is 0 Å². The number of thioether (sulfide) groups is 1. The zero-order chi connectivity index (χ0) is 9.68. The molecule has 0 amide bonds. The van der Waals surface area contributed by atoms with E-state index in [2.05, 4.69) is 38.0 Å². The molecule has 0 unspecified atom stereocenters. The molecule has 70 valence electrons. The minimum atomic E-state index is 1.15. The first kappa shape index (κ1) is 10.4. The third-order valence-electron chi connectivity index (χ3n) is 2.10. The van der Waals surface area contributed by atoms with Crippen molar-refractivity contribution in [2.24, 2.45) is 0 Å². The Kier molecular flexibility index (Phi) is 4.10. The summed E-state index contributed by atoms with van der Waals surface area (Å²) in [4.78, 5) is 1.33. The summed E-state index contributed by atoms with van der Waals surface area (Å²) in [5, 5.41) is 0. The van der Waals surface area contributed by atoms with Crippen LogP contribution in [-0.4, -0.2) is 6.26 Å². The largest absolute Gasteiger partial charge is 0.129 e. The molecular formula is C12H16S. The quantitative estimate of drug-likeness (QED) is 0.650. The number of hydrogen-bond donors (Lipinski definition) is 0. The average molecular weight is 192 g/mol. The molecule has 0 N–H and O–H groups in total. The van der Waals surface area contributed by atoms with Gasteiger partial charge in [-0.15, -0.1) is 11.8 Å². The van der Waals surface area contributed by atoms with Gasteiger partial charge in [0.15, 0.2) is 0 Å². The lowest BCUT2D eigenvalue weighted by Crippen LogP contribution is -1.90. The fourth-order valence-electron chi connectivity index (χ4n) is 1.49. The van der Waals surface area contributed by atoms with Gasteiger partial charge < -0.3 is 0 Å². The Balaban J connectivity index is 3.10. The minimum Gasteiger partial charge on any atom is -0.129 e. The van der Waals surface area contributed by atoms with Gasteiger partial charge in [0.05, 0.1) is 0 Å². The number of benzene rings is 1. The van der Waals surface area contributed by atoms with Gasteiger partial charge in [-0.1, -0.05) is 38.1 Å². The Hall–Kier alpha value is -0.690. The van der Waals surface area contributed by atoms with Crippen LogP contribution in [0.1, 0.15) is 24.5 Å². The molecule has 0 saturated carbocycles. The van der Waals surface area contributed by atoms with Crippen LogP contribution in [-0.2, 0) is 6.42 Å². The summed E-state index contributed by atoms with van der Waals surface area (Å²) < 4.78 is 0. The van der Waals surface area contributed by atoms with Gasteiger partial charge in [-0.3, -0.25) is 0 Å². The van der Waals surface area contributed by atoms with Crippen molar-refractivity contribution in [1.82, 2.24) is 0 Å². The fraction of sp³-hybridized carbons (Fsp3) is 0.333. The van der Waals surface area contributed by atoms with Crippen LogP contribution in [0.15, 0.2) is 29.7 Å². The Morgan fingerprint density at radius 3 is 2.77 bits per heavy atom. The molecule has 13 heavy (non-hydrogen) atoms. The van der Waals surface area contributed by atoms with Gasteiger partial charge in [-0.2, -0.15) is 0 Å². The highest BCUT2D eigenvalue weighted by atomic mass is 32.2. The van der Waals surface area contributed by atoms with Crippen molar-refractivity contribution in [2.75, 3.05) is 6.26 Å². The highest BCUT2D eigenvalue weighted by Gasteiger charge is 2.02. The molecule has 0 aliphatic carbocycles. The Morgan fingerprint density at radius 2 is 2.23 bits per heavy atom. The lowest BCUT2D eigenvalue weighted by Gasteiger charge is -2.08. The van der Waals surface area contributed by atoms with E-state index in [-0.39, 0.29) is 0 Å². The second-order valence-corrected chi connectivity index (χ2v) is 3.84. The molecule has 0 nitrogen and oxygen atoms in total. The van der Waals surface area contributed by atoms with Crippen molar-refractivity contribution in [3.63, 3.8) is 0 Å². The summed E-state index contributed by atoms with van der Waals surface area (Å²) >= 11 is 1.79. The van der Waals surface area contributed by atoms with Gasteiger partial charge in [-0.25, -0.2) is 0 Å². The maximum absolute atomic E-state index is 3.87. The topological polar surface area (TPSA) is 0 Å². The second-order valence-electron chi connectivity index (χ2n) is 2.99. The van der Waals surface area contributed by atoms with E-state index in [0.29, 0.717) is 0 Å². The maximum Gasteiger partial charge on any atom is 0.0144 e. The Labute approximate surface area is 85.1 Å². The van der Waals surface area contributed by atoms with Crippen molar-refractivity contribution < 1.29 is 0 Å². The summed E-state index contributed by atoms with van der Waals surface area (Å²) in [6.45, 7) is 6.08. The summed E-state index contributed by atoms with van der Waals surface area (Å²) in [6, 6.07) is 6.48. The molecule has 0 aromatic heterocycles. The molecular weight excluding hydrogens is 176 g/mol.